The Hall–Kier alpha value is -1.84. The van der Waals surface area contributed by atoms with E-state index in [2.05, 4.69) is 15.4 Å². The van der Waals surface area contributed by atoms with E-state index in [-0.39, 0.29) is 17.3 Å². The summed E-state index contributed by atoms with van der Waals surface area (Å²) in [7, 11) is 0. The molecule has 0 saturated heterocycles. The molecular weight excluding hydrogens is 286 g/mol. The lowest BCUT2D eigenvalue weighted by Crippen LogP contribution is -2.29. The number of nitrogen functional groups attached to an aromatic ring is 2. The van der Waals surface area contributed by atoms with E-state index >= 15 is 0 Å². The van der Waals surface area contributed by atoms with Crippen molar-refractivity contribution in [3.05, 3.63) is 38.3 Å². The number of hydrogen-bond acceptors (Lipinski definition) is 7. The Kier molecular flexibility index (Phi) is 4.20. The summed E-state index contributed by atoms with van der Waals surface area (Å²) in [5.74, 6) is 5.49. The summed E-state index contributed by atoms with van der Waals surface area (Å²) in [5.41, 5.74) is 7.27. The number of anilines is 1. The Bertz CT molecular complexity index is 651. The van der Waals surface area contributed by atoms with Gasteiger partial charge in [0.05, 0.1) is 4.88 Å². The number of thiophene rings is 1. The second-order valence-electron chi connectivity index (χ2n) is 3.50. The number of aromatic amines is 1. The van der Waals surface area contributed by atoms with Crippen molar-refractivity contribution in [1.29, 1.82) is 0 Å². The zero-order chi connectivity index (χ0) is 13.8. The molecule has 6 N–H and O–H groups in total. The molecule has 2 rings (SSSR count). The predicted molar refractivity (Wildman–Crippen MR) is 74.8 cm³/mol. The lowest BCUT2D eigenvalue weighted by atomic mass is 10.4. The number of amides is 1. The van der Waals surface area contributed by atoms with E-state index in [1.54, 1.807) is 6.07 Å². The summed E-state index contributed by atoms with van der Waals surface area (Å²) in [6.07, 6.45) is 0. The highest BCUT2D eigenvalue weighted by molar-refractivity contribution is 7.98. The van der Waals surface area contributed by atoms with E-state index in [0.717, 1.165) is 4.88 Å². The quantitative estimate of drug-likeness (QED) is 0.211. The van der Waals surface area contributed by atoms with Crippen LogP contribution >= 0.6 is 23.1 Å². The number of hydrogen-bond donors (Lipinski definition) is 4. The maximum Gasteiger partial charge on any atom is 0.275 e. The monoisotopic (exact) mass is 297 g/mol. The number of nitrogens with zero attached hydrogens (tertiary/aromatic N) is 1. The van der Waals surface area contributed by atoms with E-state index in [0.29, 0.717) is 15.8 Å². The third-order valence-electron chi connectivity index (χ3n) is 2.11. The highest BCUT2D eigenvalue weighted by Gasteiger charge is 2.08. The first-order valence-corrected chi connectivity index (χ1v) is 6.98. The van der Waals surface area contributed by atoms with Gasteiger partial charge < -0.3 is 10.7 Å². The number of thioether (sulfide) groups is 1. The maximum absolute atomic E-state index is 11.3. The minimum Gasteiger partial charge on any atom is -0.383 e. The van der Waals surface area contributed by atoms with E-state index in [1.807, 2.05) is 6.07 Å². The number of hydrazine groups is 1. The molecule has 0 atom stereocenters. The number of aromatic nitrogens is 2. The van der Waals surface area contributed by atoms with Gasteiger partial charge in [0.25, 0.3) is 11.5 Å². The third-order valence-corrected chi connectivity index (χ3v) is 4.30. The molecule has 0 bridgehead atoms. The molecule has 2 aromatic heterocycles. The fourth-order valence-corrected chi connectivity index (χ4v) is 3.15. The van der Waals surface area contributed by atoms with Gasteiger partial charge in [-0.2, -0.15) is 0 Å². The van der Waals surface area contributed by atoms with Crippen LogP contribution in [0.5, 0.6) is 0 Å². The van der Waals surface area contributed by atoms with Crippen molar-refractivity contribution in [3.8, 4) is 0 Å². The molecule has 0 saturated carbocycles. The van der Waals surface area contributed by atoms with E-state index in [1.165, 1.54) is 29.2 Å². The lowest BCUT2D eigenvalue weighted by Gasteiger charge is -1.99. The molecule has 7 nitrogen and oxygen atoms in total. The van der Waals surface area contributed by atoms with Gasteiger partial charge in [-0.25, -0.2) is 10.8 Å². The van der Waals surface area contributed by atoms with Crippen molar-refractivity contribution in [1.82, 2.24) is 15.4 Å². The van der Waals surface area contributed by atoms with Crippen LogP contribution in [-0.4, -0.2) is 15.9 Å². The van der Waals surface area contributed by atoms with Gasteiger partial charge in [0.15, 0.2) is 5.16 Å². The molecule has 0 unspecified atom stereocenters. The molecule has 100 valence electrons. The van der Waals surface area contributed by atoms with Gasteiger partial charge in [-0.05, 0) is 12.1 Å². The second kappa shape index (κ2) is 5.87. The molecule has 2 heterocycles. The van der Waals surface area contributed by atoms with Crippen LogP contribution in [-0.2, 0) is 5.75 Å². The van der Waals surface area contributed by atoms with Crippen LogP contribution in [0.2, 0.25) is 0 Å². The van der Waals surface area contributed by atoms with Crippen LogP contribution < -0.4 is 22.6 Å². The highest BCUT2D eigenvalue weighted by atomic mass is 32.2. The summed E-state index contributed by atoms with van der Waals surface area (Å²) in [5, 5.41) is 0.447. The zero-order valence-electron chi connectivity index (χ0n) is 9.67. The van der Waals surface area contributed by atoms with Gasteiger partial charge in [-0.1, -0.05) is 11.8 Å². The Morgan fingerprint density at radius 1 is 1.53 bits per heavy atom. The van der Waals surface area contributed by atoms with Crippen LogP contribution in [0, 0.1) is 0 Å². The topological polar surface area (TPSA) is 127 Å². The molecule has 0 spiro atoms. The first kappa shape index (κ1) is 13.6. The second-order valence-corrected chi connectivity index (χ2v) is 5.64. The van der Waals surface area contributed by atoms with Gasteiger partial charge in [0.2, 0.25) is 0 Å². The van der Waals surface area contributed by atoms with Crippen molar-refractivity contribution >= 4 is 34.8 Å². The molecule has 0 fully saturated rings. The average Bonchev–Trinajstić information content (AvgIpc) is 2.83. The van der Waals surface area contributed by atoms with Gasteiger partial charge in [-0.3, -0.25) is 15.0 Å². The van der Waals surface area contributed by atoms with Crippen molar-refractivity contribution in [3.63, 3.8) is 0 Å². The molecule has 0 radical (unpaired) electrons. The number of carbonyl (C=O) groups is 1. The van der Waals surface area contributed by atoms with E-state index in [9.17, 15) is 9.59 Å². The van der Waals surface area contributed by atoms with Crippen molar-refractivity contribution in [2.75, 3.05) is 5.73 Å². The fourth-order valence-electron chi connectivity index (χ4n) is 1.31. The minimum absolute atomic E-state index is 0.181. The molecule has 0 aliphatic carbocycles. The summed E-state index contributed by atoms with van der Waals surface area (Å²) >= 11 is 2.66. The lowest BCUT2D eigenvalue weighted by molar-refractivity contribution is 0.0957. The Balaban J connectivity index is 2.04. The number of nitrogens with one attached hydrogen (secondary N) is 2. The average molecular weight is 297 g/mol. The highest BCUT2D eigenvalue weighted by Crippen LogP contribution is 2.24. The molecule has 9 heteroatoms. The van der Waals surface area contributed by atoms with Gasteiger partial charge in [-0.15, -0.1) is 11.3 Å². The zero-order valence-corrected chi connectivity index (χ0v) is 11.3. The Morgan fingerprint density at radius 2 is 2.32 bits per heavy atom. The molecule has 19 heavy (non-hydrogen) atoms. The van der Waals surface area contributed by atoms with Crippen LogP contribution in [0.25, 0.3) is 0 Å². The van der Waals surface area contributed by atoms with E-state index < -0.39 is 0 Å². The summed E-state index contributed by atoms with van der Waals surface area (Å²) in [4.78, 5) is 30.6. The number of carbonyl (C=O) groups excluding carboxylic acids is 1. The normalized spacial score (nSPS) is 10.4. The van der Waals surface area contributed by atoms with Crippen LogP contribution in [0.4, 0.5) is 5.82 Å². The first-order chi connectivity index (χ1) is 9.08. The standard InChI is InChI=1S/C10H11N5O2S2/c11-7-3-8(16)14-10(13-7)18-4-5-1-2-6(19-5)9(17)15-12/h1-3H,4,12H2,(H,15,17)(H3,11,13,14,16). The molecular formula is C10H11N5O2S2. The van der Waals surface area contributed by atoms with Crippen molar-refractivity contribution < 1.29 is 4.79 Å². The molecule has 2 aromatic rings. The molecule has 1 amide bonds. The van der Waals surface area contributed by atoms with E-state index in [4.69, 9.17) is 11.6 Å². The first-order valence-electron chi connectivity index (χ1n) is 5.18. The Morgan fingerprint density at radius 3 is 3.00 bits per heavy atom. The number of nitrogens with two attached hydrogens (primary N) is 2. The SMILES string of the molecule is NNC(=O)c1ccc(CSc2nc(N)cc(=O)[nH]2)s1. The van der Waals surface area contributed by atoms with Gasteiger partial charge in [0.1, 0.15) is 5.82 Å². The van der Waals surface area contributed by atoms with Crippen LogP contribution in [0.1, 0.15) is 14.5 Å². The van der Waals surface area contributed by atoms with Gasteiger partial charge >= 0.3 is 0 Å². The molecule has 0 aromatic carbocycles. The summed E-state index contributed by atoms with van der Waals surface area (Å²) in [6.45, 7) is 0. The van der Waals surface area contributed by atoms with Crippen LogP contribution in [0.3, 0.4) is 0 Å². The Labute approximate surface area is 116 Å². The molecule has 0 aliphatic heterocycles. The van der Waals surface area contributed by atoms with Crippen molar-refractivity contribution in [2.45, 2.75) is 10.9 Å². The largest absolute Gasteiger partial charge is 0.383 e. The molecule has 0 aliphatic rings. The van der Waals surface area contributed by atoms with Crippen molar-refractivity contribution in [2.24, 2.45) is 5.84 Å². The van der Waals surface area contributed by atoms with Gasteiger partial charge in [0, 0.05) is 16.7 Å². The predicted octanol–water partition coefficient (Wildman–Crippen LogP) is 0.309. The maximum atomic E-state index is 11.3. The third kappa shape index (κ3) is 3.56. The summed E-state index contributed by atoms with van der Waals surface area (Å²) in [6, 6.07) is 4.74. The van der Waals surface area contributed by atoms with Crippen LogP contribution in [0.15, 0.2) is 28.2 Å². The fraction of sp³-hybridized carbons (Fsp3) is 0.100. The summed E-state index contributed by atoms with van der Waals surface area (Å²) < 4.78 is 0. The number of H-pyrrole nitrogens is 1. The number of rotatable bonds is 4. The smallest absolute Gasteiger partial charge is 0.275 e. The minimum atomic E-state index is -0.322.